The van der Waals surface area contributed by atoms with E-state index in [0.29, 0.717) is 5.92 Å². The van der Waals surface area contributed by atoms with Crippen molar-refractivity contribution in [3.05, 3.63) is 16.6 Å². The Labute approximate surface area is 124 Å². The van der Waals surface area contributed by atoms with Crippen molar-refractivity contribution in [3.8, 4) is 0 Å². The van der Waals surface area contributed by atoms with E-state index in [-0.39, 0.29) is 12.1 Å². The van der Waals surface area contributed by atoms with Crippen LogP contribution in [0.3, 0.4) is 0 Å². The van der Waals surface area contributed by atoms with Crippen LogP contribution in [0.4, 0.5) is 4.79 Å². The summed E-state index contributed by atoms with van der Waals surface area (Å²) in [6, 6.07) is -0.00168. The molecule has 6 heteroatoms. The third-order valence-corrected chi connectivity index (χ3v) is 4.56. The molecule has 2 rings (SSSR count). The van der Waals surface area contributed by atoms with Crippen LogP contribution in [0.15, 0.2) is 11.6 Å². The van der Waals surface area contributed by atoms with Crippen LogP contribution in [0.5, 0.6) is 0 Å². The van der Waals surface area contributed by atoms with E-state index in [4.69, 9.17) is 4.74 Å². The average Bonchev–Trinajstić information content (AvgIpc) is 2.99. The first-order valence-electron chi connectivity index (χ1n) is 7.19. The third-order valence-electron chi connectivity index (χ3n) is 3.68. The van der Waals surface area contributed by atoms with Gasteiger partial charge in [0.05, 0.1) is 6.04 Å². The van der Waals surface area contributed by atoms with E-state index in [2.05, 4.69) is 17.2 Å². The summed E-state index contributed by atoms with van der Waals surface area (Å²) >= 11 is 1.58. The number of thiazole rings is 1. The number of nitrogens with zero attached hydrogens (tertiary/aromatic N) is 2. The van der Waals surface area contributed by atoms with E-state index < -0.39 is 0 Å². The highest BCUT2D eigenvalue weighted by Gasteiger charge is 2.21. The Hall–Kier alpha value is -1.14. The summed E-state index contributed by atoms with van der Waals surface area (Å²) in [6.45, 7) is 4.49. The maximum atomic E-state index is 12.2. The van der Waals surface area contributed by atoms with Gasteiger partial charge < -0.3 is 15.0 Å². The molecule has 1 unspecified atom stereocenters. The van der Waals surface area contributed by atoms with E-state index in [1.165, 1.54) is 0 Å². The molecule has 112 valence electrons. The lowest BCUT2D eigenvalue weighted by Crippen LogP contribution is -2.42. The first-order valence-corrected chi connectivity index (χ1v) is 8.07. The Morgan fingerprint density at radius 2 is 2.35 bits per heavy atom. The second kappa shape index (κ2) is 7.59. The van der Waals surface area contributed by atoms with Gasteiger partial charge in [-0.05, 0) is 25.2 Å². The number of nitrogens with one attached hydrogen (secondary N) is 1. The highest BCUT2D eigenvalue weighted by Crippen LogP contribution is 2.20. The van der Waals surface area contributed by atoms with Crippen LogP contribution < -0.4 is 5.32 Å². The second-order valence-corrected chi connectivity index (χ2v) is 6.14. The monoisotopic (exact) mass is 297 g/mol. The van der Waals surface area contributed by atoms with Crippen molar-refractivity contribution >= 4 is 17.4 Å². The molecule has 1 N–H and O–H groups in total. The number of urea groups is 1. The molecule has 0 aliphatic carbocycles. The fourth-order valence-corrected chi connectivity index (χ4v) is 3.18. The molecule has 2 amide bonds. The molecule has 0 aromatic carbocycles. The van der Waals surface area contributed by atoms with Gasteiger partial charge in [-0.3, -0.25) is 0 Å². The summed E-state index contributed by atoms with van der Waals surface area (Å²) in [5, 5.41) is 5.97. The Morgan fingerprint density at radius 3 is 2.95 bits per heavy atom. The standard InChI is InChI=1S/C14H23N3O2S/c1-3-12(13-15-6-9-20-13)16-14(18)17(2)10-11-4-7-19-8-5-11/h6,9,11-12H,3-5,7-8,10H2,1-2H3,(H,16,18). The van der Waals surface area contributed by atoms with Gasteiger partial charge in [0.25, 0.3) is 0 Å². The first-order chi connectivity index (χ1) is 9.70. The molecular weight excluding hydrogens is 274 g/mol. The Kier molecular flexibility index (Phi) is 5.79. The van der Waals surface area contributed by atoms with E-state index in [1.54, 1.807) is 22.4 Å². The highest BCUT2D eigenvalue weighted by atomic mass is 32.1. The molecule has 1 fully saturated rings. The lowest BCUT2D eigenvalue weighted by atomic mass is 10.00. The van der Waals surface area contributed by atoms with Crippen molar-refractivity contribution in [1.29, 1.82) is 0 Å². The zero-order chi connectivity index (χ0) is 14.4. The number of carbonyl (C=O) groups is 1. The fourth-order valence-electron chi connectivity index (χ4n) is 2.40. The molecule has 20 heavy (non-hydrogen) atoms. The molecule has 5 nitrogen and oxygen atoms in total. The zero-order valence-corrected chi connectivity index (χ0v) is 13.0. The molecule has 1 aromatic heterocycles. The lowest BCUT2D eigenvalue weighted by molar-refractivity contribution is 0.0585. The van der Waals surface area contributed by atoms with Gasteiger partial charge in [-0.1, -0.05) is 6.92 Å². The van der Waals surface area contributed by atoms with Crippen LogP contribution in [0.2, 0.25) is 0 Å². The van der Waals surface area contributed by atoms with E-state index in [1.807, 2.05) is 12.4 Å². The third kappa shape index (κ3) is 4.18. The van der Waals surface area contributed by atoms with Crippen molar-refractivity contribution in [2.24, 2.45) is 5.92 Å². The Balaban J connectivity index is 1.83. The SMILES string of the molecule is CCC(NC(=O)N(C)CC1CCOCC1)c1nccs1. The van der Waals surface area contributed by atoms with Crippen LogP contribution >= 0.6 is 11.3 Å². The molecule has 1 atom stereocenters. The maximum Gasteiger partial charge on any atom is 0.317 e. The zero-order valence-electron chi connectivity index (χ0n) is 12.2. The summed E-state index contributed by atoms with van der Waals surface area (Å²) in [7, 11) is 1.86. The number of carbonyl (C=O) groups excluding carboxylic acids is 1. The highest BCUT2D eigenvalue weighted by molar-refractivity contribution is 7.09. The molecule has 0 spiro atoms. The minimum absolute atomic E-state index is 0.0136. The molecule has 0 saturated carbocycles. The van der Waals surface area contributed by atoms with Gasteiger partial charge in [0.15, 0.2) is 0 Å². The molecule has 1 aliphatic rings. The quantitative estimate of drug-likeness (QED) is 0.909. The fraction of sp³-hybridized carbons (Fsp3) is 0.714. The van der Waals surface area contributed by atoms with Crippen LogP contribution in [0.25, 0.3) is 0 Å². The topological polar surface area (TPSA) is 54.5 Å². The minimum Gasteiger partial charge on any atom is -0.381 e. The largest absolute Gasteiger partial charge is 0.381 e. The smallest absolute Gasteiger partial charge is 0.317 e. The molecule has 0 bridgehead atoms. The van der Waals surface area contributed by atoms with E-state index in [0.717, 1.165) is 44.0 Å². The summed E-state index contributed by atoms with van der Waals surface area (Å²) < 4.78 is 5.35. The van der Waals surface area contributed by atoms with Gasteiger partial charge in [0.1, 0.15) is 5.01 Å². The number of hydrogen-bond donors (Lipinski definition) is 1. The van der Waals surface area contributed by atoms with E-state index >= 15 is 0 Å². The number of rotatable bonds is 5. The normalized spacial score (nSPS) is 17.7. The second-order valence-electron chi connectivity index (χ2n) is 5.22. The van der Waals surface area contributed by atoms with Crippen LogP contribution in [0, 0.1) is 5.92 Å². The first kappa shape index (κ1) is 15.3. The van der Waals surface area contributed by atoms with E-state index in [9.17, 15) is 4.79 Å². The van der Waals surface area contributed by atoms with Crippen LogP contribution in [0.1, 0.15) is 37.2 Å². The van der Waals surface area contributed by atoms with Gasteiger partial charge in [0, 0.05) is 38.4 Å². The molecule has 0 radical (unpaired) electrons. The molecule has 1 aliphatic heterocycles. The predicted molar refractivity (Wildman–Crippen MR) is 79.9 cm³/mol. The maximum absolute atomic E-state index is 12.2. The average molecular weight is 297 g/mol. The van der Waals surface area contributed by atoms with Gasteiger partial charge in [-0.25, -0.2) is 9.78 Å². The minimum atomic E-state index is -0.0152. The van der Waals surface area contributed by atoms with Crippen molar-refractivity contribution in [2.75, 3.05) is 26.8 Å². The summed E-state index contributed by atoms with van der Waals surface area (Å²) in [6.07, 6.45) is 4.72. The van der Waals surface area contributed by atoms with Crippen molar-refractivity contribution in [3.63, 3.8) is 0 Å². The summed E-state index contributed by atoms with van der Waals surface area (Å²) in [5.74, 6) is 0.555. The predicted octanol–water partition coefficient (Wildman–Crippen LogP) is 2.66. The number of ether oxygens (including phenoxy) is 1. The van der Waals surface area contributed by atoms with Gasteiger partial charge in [0.2, 0.25) is 0 Å². The summed E-state index contributed by atoms with van der Waals surface area (Å²) in [4.78, 5) is 18.3. The van der Waals surface area contributed by atoms with Crippen LogP contribution in [-0.2, 0) is 4.74 Å². The Morgan fingerprint density at radius 1 is 1.60 bits per heavy atom. The van der Waals surface area contributed by atoms with Crippen molar-refractivity contribution in [1.82, 2.24) is 15.2 Å². The lowest BCUT2D eigenvalue weighted by Gasteiger charge is -2.28. The summed E-state index contributed by atoms with van der Waals surface area (Å²) in [5.41, 5.74) is 0. The number of hydrogen-bond acceptors (Lipinski definition) is 4. The number of amides is 2. The molecule has 1 aromatic rings. The van der Waals surface area contributed by atoms with Crippen molar-refractivity contribution in [2.45, 2.75) is 32.2 Å². The number of aromatic nitrogens is 1. The van der Waals surface area contributed by atoms with Gasteiger partial charge in [-0.15, -0.1) is 11.3 Å². The molecule has 1 saturated heterocycles. The van der Waals surface area contributed by atoms with Crippen molar-refractivity contribution < 1.29 is 9.53 Å². The van der Waals surface area contributed by atoms with Gasteiger partial charge in [-0.2, -0.15) is 0 Å². The molecule has 2 heterocycles. The molecular formula is C14H23N3O2S. The van der Waals surface area contributed by atoms with Crippen LogP contribution in [-0.4, -0.2) is 42.7 Å². The Bertz CT molecular complexity index is 405. The van der Waals surface area contributed by atoms with Gasteiger partial charge >= 0.3 is 6.03 Å².